The van der Waals surface area contributed by atoms with Gasteiger partial charge in [-0.1, -0.05) is 0 Å². The number of nitrogens with zero attached hydrogens (tertiary/aromatic N) is 3. The van der Waals surface area contributed by atoms with Crippen molar-refractivity contribution in [3.63, 3.8) is 0 Å². The van der Waals surface area contributed by atoms with Gasteiger partial charge in [-0.25, -0.2) is 4.98 Å². The second kappa shape index (κ2) is 5.69. The molecule has 3 heterocycles. The second-order valence-electron chi connectivity index (χ2n) is 5.31. The first-order valence-electron chi connectivity index (χ1n) is 6.75. The third-order valence-electron chi connectivity index (χ3n) is 3.44. The molecule has 2 aromatic rings. The van der Waals surface area contributed by atoms with Crippen molar-refractivity contribution in [2.75, 3.05) is 19.0 Å². The molecule has 1 fully saturated rings. The summed E-state index contributed by atoms with van der Waals surface area (Å²) in [6.45, 7) is 0.818. The molecule has 4 atom stereocenters. The Hall–Kier alpha value is -1.78. The Kier molecular flexibility index (Phi) is 3.98. The molecule has 11 nitrogen and oxygen atoms in total. The Balaban J connectivity index is 1.84. The van der Waals surface area contributed by atoms with Gasteiger partial charge in [-0.2, -0.15) is 4.98 Å². The van der Waals surface area contributed by atoms with E-state index in [1.54, 1.807) is 0 Å². The van der Waals surface area contributed by atoms with Crippen LogP contribution in [-0.2, 0) is 13.8 Å². The van der Waals surface area contributed by atoms with Crippen LogP contribution in [0.2, 0.25) is 0 Å². The number of aromatic amines is 1. The van der Waals surface area contributed by atoms with Gasteiger partial charge in [-0.05, 0) is 0 Å². The number of imidazole rings is 1. The number of nitrogen functional groups attached to an aromatic ring is 1. The van der Waals surface area contributed by atoms with E-state index in [-0.39, 0.29) is 30.1 Å². The highest BCUT2D eigenvalue weighted by molar-refractivity contribution is 7.51. The maximum atomic E-state index is 11.7. The summed E-state index contributed by atoms with van der Waals surface area (Å²) in [4.78, 5) is 31.2. The number of ether oxygens (including phenoxy) is 1. The minimum Gasteiger partial charge on any atom is -0.390 e. The van der Waals surface area contributed by atoms with Crippen LogP contribution in [0.1, 0.15) is 12.6 Å². The number of aromatic nitrogens is 4. The molecule has 23 heavy (non-hydrogen) atoms. The number of nitrogens with two attached hydrogens (primary N) is 1. The molecule has 0 aliphatic carbocycles. The third kappa shape index (κ3) is 3.28. The van der Waals surface area contributed by atoms with Gasteiger partial charge < -0.3 is 25.0 Å². The number of fused-ring (bicyclic) bond motifs is 1. The van der Waals surface area contributed by atoms with Crippen molar-refractivity contribution in [3.8, 4) is 0 Å². The average Bonchev–Trinajstić information content (AvgIpc) is 2.99. The number of nitrogens with one attached hydrogen (secondary N) is 1. The van der Waals surface area contributed by atoms with E-state index < -0.39 is 31.6 Å². The predicted molar refractivity (Wildman–Crippen MR) is 78.8 cm³/mol. The third-order valence-corrected chi connectivity index (χ3v) is 4.07. The first-order valence-corrected chi connectivity index (χ1v) is 8.78. The Morgan fingerprint density at radius 2 is 2.39 bits per heavy atom. The normalized spacial score (nSPS) is 27.3. The number of hydrogen-bond acceptors (Lipinski definition) is 8. The first-order chi connectivity index (χ1) is 10.7. The van der Waals surface area contributed by atoms with E-state index in [0.717, 1.165) is 6.66 Å². The summed E-state index contributed by atoms with van der Waals surface area (Å²) in [6.07, 6.45) is -0.773. The Bertz CT molecular complexity index is 828. The highest BCUT2D eigenvalue weighted by Gasteiger charge is 2.37. The van der Waals surface area contributed by atoms with E-state index in [0.29, 0.717) is 0 Å². The van der Waals surface area contributed by atoms with Gasteiger partial charge in [0.2, 0.25) is 5.95 Å². The van der Waals surface area contributed by atoms with Crippen LogP contribution in [0.5, 0.6) is 0 Å². The number of anilines is 1. The van der Waals surface area contributed by atoms with Crippen LogP contribution in [0.25, 0.3) is 11.2 Å². The zero-order valence-corrected chi connectivity index (χ0v) is 13.0. The Labute approximate surface area is 129 Å². The van der Waals surface area contributed by atoms with Crippen LogP contribution in [0.4, 0.5) is 5.95 Å². The van der Waals surface area contributed by atoms with E-state index >= 15 is 0 Å². The fourth-order valence-electron chi connectivity index (χ4n) is 2.40. The maximum absolute atomic E-state index is 11.7. The molecule has 3 rings (SSSR count). The van der Waals surface area contributed by atoms with Crippen LogP contribution < -0.4 is 11.3 Å². The lowest BCUT2D eigenvalue weighted by atomic mass is 10.2. The molecular formula is C11H16N5O6P. The molecule has 0 radical (unpaired) electrons. The minimum absolute atomic E-state index is 0.0603. The summed E-state index contributed by atoms with van der Waals surface area (Å²) in [5, 5.41) is 10.0. The van der Waals surface area contributed by atoms with Crippen molar-refractivity contribution < 1.29 is 23.8 Å². The van der Waals surface area contributed by atoms with Crippen LogP contribution >= 0.6 is 7.60 Å². The summed E-state index contributed by atoms with van der Waals surface area (Å²) in [7, 11) is -3.66. The van der Waals surface area contributed by atoms with Crippen molar-refractivity contribution in [2.24, 2.45) is 0 Å². The molecule has 12 heteroatoms. The highest BCUT2D eigenvalue weighted by Crippen LogP contribution is 2.39. The lowest BCUT2D eigenvalue weighted by Crippen LogP contribution is -2.25. The zero-order valence-electron chi connectivity index (χ0n) is 12.1. The van der Waals surface area contributed by atoms with Gasteiger partial charge in [0, 0.05) is 13.1 Å². The quantitative estimate of drug-likeness (QED) is 0.518. The molecule has 1 unspecified atom stereocenters. The molecule has 1 aliphatic rings. The monoisotopic (exact) mass is 345 g/mol. The minimum atomic E-state index is -3.66. The van der Waals surface area contributed by atoms with Crippen LogP contribution in [0.3, 0.4) is 0 Å². The summed E-state index contributed by atoms with van der Waals surface area (Å²) in [6, 6.07) is 0. The Morgan fingerprint density at radius 1 is 1.65 bits per heavy atom. The summed E-state index contributed by atoms with van der Waals surface area (Å²) in [5.74, 6) is -0.0603. The van der Waals surface area contributed by atoms with Gasteiger partial charge in [0.15, 0.2) is 11.2 Å². The van der Waals surface area contributed by atoms with E-state index in [1.165, 1.54) is 10.9 Å². The second-order valence-corrected chi connectivity index (χ2v) is 7.17. The Morgan fingerprint density at radius 3 is 3.09 bits per heavy atom. The molecule has 1 saturated heterocycles. The van der Waals surface area contributed by atoms with Gasteiger partial charge in [-0.3, -0.25) is 18.9 Å². The van der Waals surface area contributed by atoms with Crippen molar-refractivity contribution in [2.45, 2.75) is 24.9 Å². The predicted octanol–water partition coefficient (Wildman–Crippen LogP) is -0.818. The molecule has 0 bridgehead atoms. The van der Waals surface area contributed by atoms with Crippen LogP contribution in [-0.4, -0.2) is 55.0 Å². The number of rotatable bonds is 4. The zero-order chi connectivity index (χ0) is 16.8. The topological polar surface area (TPSA) is 166 Å². The van der Waals surface area contributed by atoms with Crippen molar-refractivity contribution >= 4 is 24.7 Å². The maximum Gasteiger partial charge on any atom is 0.325 e. The molecule has 1 aliphatic heterocycles. The molecule has 0 saturated carbocycles. The molecule has 126 valence electrons. The smallest absolute Gasteiger partial charge is 0.325 e. The first kappa shape index (κ1) is 16.1. The summed E-state index contributed by atoms with van der Waals surface area (Å²) in [5.41, 5.74) is 5.38. The average molecular weight is 345 g/mol. The number of aliphatic hydroxyl groups excluding tert-OH is 1. The molecule has 5 N–H and O–H groups in total. The van der Waals surface area contributed by atoms with Gasteiger partial charge in [-0.15, -0.1) is 0 Å². The SMILES string of the molecule is CP(=O)(O)OC[C@H]1O[C@@H](n2cnc3c(=O)[nH]c(N)nc32)C[C@@H]1O. The molecule has 0 spiro atoms. The van der Waals surface area contributed by atoms with Crippen molar-refractivity contribution in [1.82, 2.24) is 19.5 Å². The number of aliphatic hydroxyl groups is 1. The summed E-state index contributed by atoms with van der Waals surface area (Å²) >= 11 is 0. The largest absolute Gasteiger partial charge is 0.390 e. The van der Waals surface area contributed by atoms with Gasteiger partial charge in [0.05, 0.1) is 19.0 Å². The van der Waals surface area contributed by atoms with E-state index in [2.05, 4.69) is 15.0 Å². The fourth-order valence-corrected chi connectivity index (χ4v) is 2.82. The van der Waals surface area contributed by atoms with Gasteiger partial charge in [0.1, 0.15) is 12.3 Å². The van der Waals surface area contributed by atoms with Gasteiger partial charge in [0.25, 0.3) is 5.56 Å². The number of hydrogen-bond donors (Lipinski definition) is 4. The standard InChI is InChI=1S/C11H16N5O6P/c1-23(19,20)21-3-6-5(17)2-7(22-6)16-4-13-8-9(16)14-11(12)15-10(8)18/h4-7,17H,2-3H2,1H3,(H,19,20)(H3,12,14,15,18)/t5-,6+,7+/m0/s1. The molecular weight excluding hydrogens is 329 g/mol. The highest BCUT2D eigenvalue weighted by atomic mass is 31.2. The fraction of sp³-hybridized carbons (Fsp3) is 0.545. The van der Waals surface area contributed by atoms with Crippen LogP contribution in [0.15, 0.2) is 11.1 Å². The van der Waals surface area contributed by atoms with Gasteiger partial charge >= 0.3 is 7.60 Å². The summed E-state index contributed by atoms with van der Waals surface area (Å²) < 4.78 is 23.0. The molecule has 0 aromatic carbocycles. The van der Waals surface area contributed by atoms with Crippen LogP contribution in [0, 0.1) is 0 Å². The lowest BCUT2D eigenvalue weighted by molar-refractivity contribution is -0.0394. The number of H-pyrrole nitrogens is 1. The van der Waals surface area contributed by atoms with E-state index in [1.807, 2.05) is 0 Å². The molecule has 0 amide bonds. The van der Waals surface area contributed by atoms with E-state index in [4.69, 9.17) is 19.9 Å². The van der Waals surface area contributed by atoms with Crippen molar-refractivity contribution in [1.29, 1.82) is 0 Å². The van der Waals surface area contributed by atoms with E-state index in [9.17, 15) is 14.5 Å². The lowest BCUT2D eigenvalue weighted by Gasteiger charge is -2.16. The van der Waals surface area contributed by atoms with Crippen molar-refractivity contribution in [3.05, 3.63) is 16.7 Å². The molecule has 2 aromatic heterocycles.